The van der Waals surface area contributed by atoms with Crippen LogP contribution in [0.2, 0.25) is 0 Å². The molecule has 0 saturated heterocycles. The van der Waals surface area contributed by atoms with Gasteiger partial charge in [0.2, 0.25) is 5.96 Å². The molecule has 0 saturated carbocycles. The van der Waals surface area contributed by atoms with Crippen LogP contribution >= 0.6 is 0 Å². The van der Waals surface area contributed by atoms with E-state index in [0.29, 0.717) is 17.1 Å². The van der Waals surface area contributed by atoms with Crippen LogP contribution in [0.15, 0.2) is 40.2 Å². The third-order valence-electron chi connectivity index (χ3n) is 2.61. The summed E-state index contributed by atoms with van der Waals surface area (Å²) in [6.07, 6.45) is -2.42. The summed E-state index contributed by atoms with van der Waals surface area (Å²) in [6, 6.07) is 4.55. The first kappa shape index (κ1) is 17.1. The molecule has 1 aromatic heterocycles. The van der Waals surface area contributed by atoms with Gasteiger partial charge in [-0.25, -0.2) is 14.8 Å². The van der Waals surface area contributed by atoms with Crippen LogP contribution in [0.1, 0.15) is 0 Å². The fraction of sp³-hybridized carbons (Fsp3) is 0.154. The molecule has 3 N–H and O–H groups in total. The number of carbonyl (C=O) groups excluding carboxylic acids is 1. The maximum atomic E-state index is 12.0. The molecule has 1 heterocycles. The van der Waals surface area contributed by atoms with Crippen molar-refractivity contribution in [2.75, 3.05) is 7.11 Å². The SMILES string of the molecule is COc1cc(N=C(N)NOC(=O)C(F)(F)F)ccc1-c1cnco1. The summed E-state index contributed by atoms with van der Waals surface area (Å²) >= 11 is 0. The summed E-state index contributed by atoms with van der Waals surface area (Å²) in [7, 11) is 1.41. The Hall–Kier alpha value is -3.24. The number of benzene rings is 1. The molecule has 8 nitrogen and oxygen atoms in total. The number of hydrogen-bond donors (Lipinski definition) is 2. The standard InChI is InChI=1S/C13H11F3N4O4/c1-22-9-4-7(2-3-8(9)10-5-18-6-23-10)19-12(17)20-24-11(21)13(14,15)16/h2-6H,1H3,(H3,17,19,20). The van der Waals surface area contributed by atoms with Crippen molar-refractivity contribution < 1.29 is 32.0 Å². The lowest BCUT2D eigenvalue weighted by Gasteiger charge is -2.09. The number of nitrogens with zero attached hydrogens (tertiary/aromatic N) is 2. The van der Waals surface area contributed by atoms with Crippen molar-refractivity contribution in [2.45, 2.75) is 6.18 Å². The molecule has 0 aliphatic rings. The Kier molecular flexibility index (Phi) is 4.92. The molecular weight excluding hydrogens is 333 g/mol. The van der Waals surface area contributed by atoms with E-state index in [1.165, 1.54) is 31.8 Å². The maximum Gasteiger partial charge on any atom is 0.493 e. The van der Waals surface area contributed by atoms with Gasteiger partial charge in [0.15, 0.2) is 12.2 Å². The lowest BCUT2D eigenvalue weighted by atomic mass is 10.1. The molecule has 0 bridgehead atoms. The highest BCUT2D eigenvalue weighted by atomic mass is 19.4. The molecule has 0 spiro atoms. The number of ether oxygens (including phenoxy) is 1. The van der Waals surface area contributed by atoms with Gasteiger partial charge in [0.1, 0.15) is 5.75 Å². The van der Waals surface area contributed by atoms with Gasteiger partial charge in [-0.15, -0.1) is 0 Å². The van der Waals surface area contributed by atoms with Crippen molar-refractivity contribution in [3.05, 3.63) is 30.8 Å². The van der Waals surface area contributed by atoms with Crippen molar-refractivity contribution in [1.29, 1.82) is 0 Å². The Morgan fingerprint density at radius 2 is 2.17 bits per heavy atom. The third kappa shape index (κ3) is 4.15. The summed E-state index contributed by atoms with van der Waals surface area (Å²) < 4.78 is 46.3. The number of alkyl halides is 3. The summed E-state index contributed by atoms with van der Waals surface area (Å²) in [6.45, 7) is 0. The van der Waals surface area contributed by atoms with E-state index in [2.05, 4.69) is 14.8 Å². The normalized spacial score (nSPS) is 11.9. The zero-order valence-corrected chi connectivity index (χ0v) is 12.1. The monoisotopic (exact) mass is 344 g/mol. The summed E-state index contributed by atoms with van der Waals surface area (Å²) in [5.74, 6) is -2.18. The summed E-state index contributed by atoms with van der Waals surface area (Å²) in [5.41, 5.74) is 7.78. The Morgan fingerprint density at radius 1 is 1.42 bits per heavy atom. The van der Waals surface area contributed by atoms with E-state index in [-0.39, 0.29) is 5.69 Å². The minimum absolute atomic E-state index is 0.239. The molecule has 0 amide bonds. The first-order chi connectivity index (χ1) is 11.3. The van der Waals surface area contributed by atoms with E-state index in [0.717, 1.165) is 0 Å². The quantitative estimate of drug-likeness (QED) is 0.497. The molecule has 0 radical (unpaired) electrons. The zero-order chi connectivity index (χ0) is 17.7. The van der Waals surface area contributed by atoms with Gasteiger partial charge < -0.3 is 19.7 Å². The van der Waals surface area contributed by atoms with Crippen molar-refractivity contribution in [3.63, 3.8) is 0 Å². The number of oxazole rings is 1. The number of methoxy groups -OCH3 is 1. The molecule has 2 aromatic rings. The van der Waals surface area contributed by atoms with Crippen molar-refractivity contribution in [3.8, 4) is 17.1 Å². The molecule has 128 valence electrons. The van der Waals surface area contributed by atoms with Crippen LogP contribution in [0, 0.1) is 0 Å². The van der Waals surface area contributed by atoms with E-state index >= 15 is 0 Å². The van der Waals surface area contributed by atoms with E-state index in [4.69, 9.17) is 14.9 Å². The van der Waals surface area contributed by atoms with Crippen LogP contribution in [0.3, 0.4) is 0 Å². The second-order valence-corrected chi connectivity index (χ2v) is 4.24. The molecule has 0 atom stereocenters. The van der Waals surface area contributed by atoms with Crippen LogP contribution in [-0.4, -0.2) is 30.2 Å². The number of nitrogens with one attached hydrogen (secondary N) is 1. The lowest BCUT2D eigenvalue weighted by molar-refractivity contribution is -0.203. The minimum atomic E-state index is -5.14. The van der Waals surface area contributed by atoms with Crippen molar-refractivity contribution in [1.82, 2.24) is 10.5 Å². The average molecular weight is 344 g/mol. The average Bonchev–Trinajstić information content (AvgIpc) is 3.05. The Morgan fingerprint density at radius 3 is 2.75 bits per heavy atom. The van der Waals surface area contributed by atoms with Gasteiger partial charge in [-0.2, -0.15) is 18.7 Å². The van der Waals surface area contributed by atoms with Crippen LogP contribution < -0.4 is 16.0 Å². The van der Waals surface area contributed by atoms with Gasteiger partial charge >= 0.3 is 12.1 Å². The number of rotatable bonds is 3. The minimum Gasteiger partial charge on any atom is -0.496 e. The van der Waals surface area contributed by atoms with Gasteiger partial charge in [0.05, 0.1) is 24.6 Å². The number of aliphatic imine (C=N–C) groups is 1. The molecule has 0 unspecified atom stereocenters. The number of guanidine groups is 1. The van der Waals surface area contributed by atoms with Gasteiger partial charge in [-0.1, -0.05) is 0 Å². The predicted octanol–water partition coefficient (Wildman–Crippen LogP) is 1.91. The second kappa shape index (κ2) is 6.89. The smallest absolute Gasteiger partial charge is 0.493 e. The van der Waals surface area contributed by atoms with E-state index in [9.17, 15) is 18.0 Å². The van der Waals surface area contributed by atoms with E-state index < -0.39 is 18.1 Å². The molecule has 0 aliphatic carbocycles. The van der Waals surface area contributed by atoms with Gasteiger partial charge in [0.25, 0.3) is 0 Å². The molecule has 11 heteroatoms. The van der Waals surface area contributed by atoms with Gasteiger partial charge in [-0.3, -0.25) is 0 Å². The number of halogens is 3. The molecule has 0 aliphatic heterocycles. The van der Waals surface area contributed by atoms with Crippen LogP contribution in [-0.2, 0) is 9.63 Å². The predicted molar refractivity (Wildman–Crippen MR) is 75.1 cm³/mol. The van der Waals surface area contributed by atoms with Crippen LogP contribution in [0.4, 0.5) is 18.9 Å². The summed E-state index contributed by atoms with van der Waals surface area (Å²) in [4.78, 5) is 21.8. The highest BCUT2D eigenvalue weighted by Gasteiger charge is 2.41. The number of carbonyl (C=O) groups is 1. The Labute approximate surface area is 133 Å². The number of hydroxylamine groups is 1. The first-order valence-electron chi connectivity index (χ1n) is 6.26. The van der Waals surface area contributed by atoms with Crippen molar-refractivity contribution in [2.24, 2.45) is 10.7 Å². The second-order valence-electron chi connectivity index (χ2n) is 4.24. The molecule has 1 aromatic carbocycles. The summed E-state index contributed by atoms with van der Waals surface area (Å²) in [5, 5.41) is 0. The zero-order valence-electron chi connectivity index (χ0n) is 12.1. The molecule has 2 rings (SSSR count). The Bertz CT molecular complexity index is 744. The molecular formula is C13H11F3N4O4. The molecule has 24 heavy (non-hydrogen) atoms. The van der Waals surface area contributed by atoms with Gasteiger partial charge in [0, 0.05) is 6.07 Å². The lowest BCUT2D eigenvalue weighted by Crippen LogP contribution is -2.38. The Balaban J connectivity index is 2.13. The number of aromatic nitrogens is 1. The van der Waals surface area contributed by atoms with Crippen LogP contribution in [0.5, 0.6) is 5.75 Å². The highest BCUT2D eigenvalue weighted by Crippen LogP contribution is 2.33. The maximum absolute atomic E-state index is 12.0. The molecule has 0 fully saturated rings. The first-order valence-corrected chi connectivity index (χ1v) is 6.26. The topological polar surface area (TPSA) is 112 Å². The number of nitrogens with two attached hydrogens (primary N) is 1. The fourth-order valence-electron chi connectivity index (χ4n) is 1.62. The third-order valence-corrected chi connectivity index (χ3v) is 2.61. The van der Waals surface area contributed by atoms with Crippen molar-refractivity contribution >= 4 is 17.6 Å². The van der Waals surface area contributed by atoms with E-state index in [1.807, 2.05) is 0 Å². The van der Waals surface area contributed by atoms with Crippen LogP contribution in [0.25, 0.3) is 11.3 Å². The van der Waals surface area contributed by atoms with E-state index in [1.54, 1.807) is 11.5 Å². The number of hydrogen-bond acceptors (Lipinski definition) is 6. The highest BCUT2D eigenvalue weighted by molar-refractivity contribution is 5.83. The van der Waals surface area contributed by atoms with Gasteiger partial charge in [-0.05, 0) is 12.1 Å². The fourth-order valence-corrected chi connectivity index (χ4v) is 1.62. The largest absolute Gasteiger partial charge is 0.496 e.